The highest BCUT2D eigenvalue weighted by Crippen LogP contribution is 2.33. The molecule has 0 bridgehead atoms. The third kappa shape index (κ3) is 4.53. The summed E-state index contributed by atoms with van der Waals surface area (Å²) in [5.41, 5.74) is 1.99. The van der Waals surface area contributed by atoms with Gasteiger partial charge in [0.05, 0.1) is 5.75 Å². The number of aromatic nitrogens is 3. The van der Waals surface area contributed by atoms with Crippen molar-refractivity contribution < 1.29 is 4.79 Å². The number of ketones is 1. The van der Waals surface area contributed by atoms with Gasteiger partial charge < -0.3 is 4.57 Å². The Kier molecular flexibility index (Phi) is 6.22. The average Bonchev–Trinajstić information content (AvgIpc) is 3.16. The summed E-state index contributed by atoms with van der Waals surface area (Å²) in [5.74, 6) is 1.53. The summed E-state index contributed by atoms with van der Waals surface area (Å²) in [6, 6.07) is 20.3. The minimum Gasteiger partial charge on any atom is -0.303 e. The molecule has 0 amide bonds. The van der Waals surface area contributed by atoms with E-state index in [4.69, 9.17) is 0 Å². The lowest BCUT2D eigenvalue weighted by molar-refractivity contribution is 0.102. The van der Waals surface area contributed by atoms with E-state index in [1.54, 1.807) is 0 Å². The molecule has 2 aromatic carbocycles. The van der Waals surface area contributed by atoms with Crippen LogP contribution in [0.25, 0.3) is 0 Å². The SMILES string of the molecule is O=C(CSc1nnc(Cc2ccccc2)n1C1CCCCC1)c1ccccc1. The minimum atomic E-state index is 0.133. The Bertz CT molecular complexity index is 902. The number of hydrogen-bond acceptors (Lipinski definition) is 4. The number of hydrogen-bond donors (Lipinski definition) is 0. The average molecular weight is 392 g/mol. The van der Waals surface area contributed by atoms with Crippen LogP contribution in [0.15, 0.2) is 65.8 Å². The normalized spacial score (nSPS) is 14.9. The van der Waals surface area contributed by atoms with Gasteiger partial charge in [0.25, 0.3) is 0 Å². The zero-order chi connectivity index (χ0) is 19.2. The highest BCUT2D eigenvalue weighted by atomic mass is 32.2. The lowest BCUT2D eigenvalue weighted by atomic mass is 9.95. The van der Waals surface area contributed by atoms with E-state index in [1.165, 1.54) is 49.4 Å². The molecular weight excluding hydrogens is 366 g/mol. The highest BCUT2D eigenvalue weighted by Gasteiger charge is 2.23. The molecule has 0 spiro atoms. The van der Waals surface area contributed by atoms with Crippen molar-refractivity contribution in [2.24, 2.45) is 0 Å². The molecule has 0 saturated heterocycles. The van der Waals surface area contributed by atoms with Crippen molar-refractivity contribution in [3.63, 3.8) is 0 Å². The lowest BCUT2D eigenvalue weighted by Crippen LogP contribution is -2.17. The van der Waals surface area contributed by atoms with E-state index in [9.17, 15) is 4.79 Å². The molecule has 0 radical (unpaired) electrons. The van der Waals surface area contributed by atoms with Gasteiger partial charge in [0.2, 0.25) is 0 Å². The van der Waals surface area contributed by atoms with Crippen LogP contribution in [0.5, 0.6) is 0 Å². The fraction of sp³-hybridized carbons (Fsp3) is 0.348. The monoisotopic (exact) mass is 391 g/mol. The van der Waals surface area contributed by atoms with Gasteiger partial charge in [-0.2, -0.15) is 0 Å². The summed E-state index contributed by atoms with van der Waals surface area (Å²) in [7, 11) is 0. The van der Waals surface area contributed by atoms with E-state index >= 15 is 0 Å². The molecule has 3 aromatic rings. The number of carbonyl (C=O) groups excluding carboxylic acids is 1. The summed E-state index contributed by atoms with van der Waals surface area (Å²) < 4.78 is 2.31. The van der Waals surface area contributed by atoms with Crippen LogP contribution in [0.4, 0.5) is 0 Å². The number of carbonyl (C=O) groups is 1. The zero-order valence-electron chi connectivity index (χ0n) is 16.0. The van der Waals surface area contributed by atoms with E-state index < -0.39 is 0 Å². The molecule has 5 heteroatoms. The first-order chi connectivity index (χ1) is 13.8. The molecule has 144 valence electrons. The predicted octanol–water partition coefficient (Wildman–Crippen LogP) is 5.35. The molecule has 1 saturated carbocycles. The maximum atomic E-state index is 12.5. The third-order valence-corrected chi connectivity index (χ3v) is 6.25. The smallest absolute Gasteiger partial charge is 0.191 e. The van der Waals surface area contributed by atoms with E-state index in [2.05, 4.69) is 39.0 Å². The van der Waals surface area contributed by atoms with Crippen molar-refractivity contribution in [3.05, 3.63) is 77.6 Å². The van der Waals surface area contributed by atoms with Crippen LogP contribution >= 0.6 is 11.8 Å². The topological polar surface area (TPSA) is 47.8 Å². The molecule has 1 fully saturated rings. The summed E-state index contributed by atoms with van der Waals surface area (Å²) in [6.07, 6.45) is 6.92. The first-order valence-corrected chi connectivity index (χ1v) is 11.0. The van der Waals surface area contributed by atoms with Crippen molar-refractivity contribution in [1.29, 1.82) is 0 Å². The largest absolute Gasteiger partial charge is 0.303 e. The van der Waals surface area contributed by atoms with Gasteiger partial charge >= 0.3 is 0 Å². The Morgan fingerprint density at radius 2 is 1.61 bits per heavy atom. The summed E-state index contributed by atoms with van der Waals surface area (Å²) in [5, 5.41) is 9.87. The number of nitrogens with zero attached hydrogens (tertiary/aromatic N) is 3. The van der Waals surface area contributed by atoms with E-state index in [0.29, 0.717) is 11.8 Å². The van der Waals surface area contributed by atoms with Crippen LogP contribution in [0.2, 0.25) is 0 Å². The number of rotatable bonds is 7. The molecule has 0 unspecified atom stereocenters. The maximum absolute atomic E-state index is 12.5. The van der Waals surface area contributed by atoms with Crippen molar-refractivity contribution in [1.82, 2.24) is 14.8 Å². The fourth-order valence-corrected chi connectivity index (χ4v) is 4.77. The molecule has 0 N–H and O–H groups in total. The third-order valence-electron chi connectivity index (χ3n) is 5.31. The minimum absolute atomic E-state index is 0.133. The van der Waals surface area contributed by atoms with Crippen molar-refractivity contribution >= 4 is 17.5 Å². The molecule has 28 heavy (non-hydrogen) atoms. The summed E-state index contributed by atoms with van der Waals surface area (Å²) >= 11 is 1.51. The van der Waals surface area contributed by atoms with Gasteiger partial charge in [-0.25, -0.2) is 0 Å². The molecule has 1 aliphatic rings. The molecule has 4 nitrogen and oxygen atoms in total. The van der Waals surface area contributed by atoms with Crippen LogP contribution < -0.4 is 0 Å². The lowest BCUT2D eigenvalue weighted by Gasteiger charge is -2.25. The Morgan fingerprint density at radius 1 is 0.929 bits per heavy atom. The fourth-order valence-electron chi connectivity index (χ4n) is 3.85. The first kappa shape index (κ1) is 18.9. The molecule has 0 atom stereocenters. The van der Waals surface area contributed by atoms with Gasteiger partial charge in [0.1, 0.15) is 5.82 Å². The van der Waals surface area contributed by atoms with Gasteiger partial charge in [-0.1, -0.05) is 91.7 Å². The van der Waals surface area contributed by atoms with Crippen molar-refractivity contribution in [3.8, 4) is 0 Å². The van der Waals surface area contributed by atoms with Crippen molar-refractivity contribution in [2.75, 3.05) is 5.75 Å². The highest BCUT2D eigenvalue weighted by molar-refractivity contribution is 7.99. The second-order valence-corrected chi connectivity index (χ2v) is 8.24. The second-order valence-electron chi connectivity index (χ2n) is 7.30. The number of benzene rings is 2. The predicted molar refractivity (Wildman–Crippen MR) is 113 cm³/mol. The number of Topliss-reactive ketones (excluding diaryl/α,β-unsaturated/α-hetero) is 1. The van der Waals surface area contributed by atoms with Gasteiger partial charge in [-0.3, -0.25) is 4.79 Å². The van der Waals surface area contributed by atoms with E-state index in [-0.39, 0.29) is 5.78 Å². The Hall–Kier alpha value is -2.40. The van der Waals surface area contributed by atoms with Crippen LogP contribution in [0, 0.1) is 0 Å². The zero-order valence-corrected chi connectivity index (χ0v) is 16.8. The van der Waals surface area contributed by atoms with E-state index in [0.717, 1.165) is 23.0 Å². The second kappa shape index (κ2) is 9.20. The molecule has 1 aliphatic carbocycles. The van der Waals surface area contributed by atoms with Gasteiger partial charge in [0, 0.05) is 18.0 Å². The van der Waals surface area contributed by atoms with Crippen LogP contribution in [0.3, 0.4) is 0 Å². The molecule has 4 rings (SSSR count). The van der Waals surface area contributed by atoms with Crippen LogP contribution in [0.1, 0.15) is 59.9 Å². The maximum Gasteiger partial charge on any atom is 0.191 e. The van der Waals surface area contributed by atoms with Gasteiger partial charge in [0.15, 0.2) is 10.9 Å². The molecular formula is C23H25N3OS. The van der Waals surface area contributed by atoms with Crippen LogP contribution in [-0.2, 0) is 6.42 Å². The molecule has 0 aliphatic heterocycles. The van der Waals surface area contributed by atoms with Gasteiger partial charge in [-0.15, -0.1) is 10.2 Å². The summed E-state index contributed by atoms with van der Waals surface area (Å²) in [6.45, 7) is 0. The molecule has 1 aromatic heterocycles. The Morgan fingerprint density at radius 3 is 2.32 bits per heavy atom. The first-order valence-electron chi connectivity index (χ1n) is 10.00. The molecule has 1 heterocycles. The Balaban J connectivity index is 1.55. The van der Waals surface area contributed by atoms with Gasteiger partial charge in [-0.05, 0) is 18.4 Å². The Labute approximate surface area is 170 Å². The number of thioether (sulfide) groups is 1. The van der Waals surface area contributed by atoms with E-state index in [1.807, 2.05) is 36.4 Å². The standard InChI is InChI=1S/C23H25N3OS/c27-21(19-12-6-2-7-13-19)17-28-23-25-24-22(16-18-10-4-1-5-11-18)26(23)20-14-8-3-9-15-20/h1-2,4-7,10-13,20H,3,8-9,14-17H2. The summed E-state index contributed by atoms with van der Waals surface area (Å²) in [4.78, 5) is 12.5. The quantitative estimate of drug-likeness (QED) is 0.402. The van der Waals surface area contributed by atoms with Crippen LogP contribution in [-0.4, -0.2) is 26.3 Å². The van der Waals surface area contributed by atoms with Crippen molar-refractivity contribution in [2.45, 2.75) is 49.7 Å².